The number of halogens is 1. The molecule has 2 atom stereocenters. The molecule has 0 aliphatic heterocycles. The molecule has 0 heterocycles. The largest absolute Gasteiger partial charge is 0.489 e. The normalized spacial score (nSPS) is 23.2. The topological polar surface area (TPSA) is 46.5 Å². The molecule has 4 heteroatoms. The van der Waals surface area contributed by atoms with E-state index in [1.165, 1.54) is 11.1 Å². The van der Waals surface area contributed by atoms with Crippen molar-refractivity contribution in [2.45, 2.75) is 71.3 Å². The lowest BCUT2D eigenvalue weighted by Gasteiger charge is -2.45. The lowest BCUT2D eigenvalue weighted by molar-refractivity contribution is -0.149. The van der Waals surface area contributed by atoms with Crippen LogP contribution in [0.2, 0.25) is 0 Å². The van der Waals surface area contributed by atoms with E-state index in [2.05, 4.69) is 38.1 Å². The van der Waals surface area contributed by atoms with Crippen molar-refractivity contribution in [3.63, 3.8) is 0 Å². The third-order valence-electron chi connectivity index (χ3n) is 9.34. The molecule has 6 rings (SSSR count). The van der Waals surface area contributed by atoms with Gasteiger partial charge in [-0.25, -0.2) is 4.39 Å². The van der Waals surface area contributed by atoms with E-state index in [-0.39, 0.29) is 22.6 Å². The molecule has 3 aromatic rings. The lowest BCUT2D eigenvalue weighted by atomic mass is 9.57. The van der Waals surface area contributed by atoms with E-state index >= 15 is 0 Å². The standard InChI is InChI=1S/C34H35FO3/c1-21-6-11-31(35)27(17-21)25-10-7-22(18-26(25)28-5-4-14-33(28,2)3)20-38-24-9-8-23-12-15-34(30(23)19-24)16-13-29(34)32(36)37/h5-11,17-19,29H,4,12-16,20H2,1-3H3,(H,36,37)/t29-,34-/m1/s1. The van der Waals surface area contributed by atoms with Crippen molar-refractivity contribution in [1.29, 1.82) is 0 Å². The highest BCUT2D eigenvalue weighted by Gasteiger charge is 2.54. The molecule has 1 fully saturated rings. The van der Waals surface area contributed by atoms with E-state index in [0.717, 1.165) is 72.1 Å². The van der Waals surface area contributed by atoms with Crippen LogP contribution in [0.15, 0.2) is 60.7 Å². The second-order valence-electron chi connectivity index (χ2n) is 12.1. The summed E-state index contributed by atoms with van der Waals surface area (Å²) in [4.78, 5) is 11.8. The van der Waals surface area contributed by atoms with Crippen LogP contribution in [0.4, 0.5) is 4.39 Å². The number of hydrogen-bond acceptors (Lipinski definition) is 2. The van der Waals surface area contributed by atoms with E-state index in [9.17, 15) is 14.3 Å². The number of carboxylic acids is 1. The van der Waals surface area contributed by atoms with Crippen molar-refractivity contribution in [3.05, 3.63) is 94.3 Å². The van der Waals surface area contributed by atoms with Crippen LogP contribution in [0.3, 0.4) is 0 Å². The average molecular weight is 511 g/mol. The van der Waals surface area contributed by atoms with Gasteiger partial charge in [-0.3, -0.25) is 4.79 Å². The maximum atomic E-state index is 15.0. The van der Waals surface area contributed by atoms with Gasteiger partial charge in [-0.2, -0.15) is 0 Å². The lowest BCUT2D eigenvalue weighted by Crippen LogP contribution is -2.46. The fourth-order valence-corrected chi connectivity index (χ4v) is 7.05. The molecule has 1 saturated carbocycles. The van der Waals surface area contributed by atoms with Crippen molar-refractivity contribution in [3.8, 4) is 16.9 Å². The summed E-state index contributed by atoms with van der Waals surface area (Å²) in [6.07, 6.45) is 7.93. The molecule has 1 N–H and O–H groups in total. The maximum Gasteiger partial charge on any atom is 0.307 e. The first-order valence-corrected chi connectivity index (χ1v) is 13.8. The Balaban J connectivity index is 1.31. The van der Waals surface area contributed by atoms with Crippen LogP contribution in [-0.4, -0.2) is 11.1 Å². The monoisotopic (exact) mass is 510 g/mol. The molecule has 38 heavy (non-hydrogen) atoms. The minimum atomic E-state index is -0.683. The summed E-state index contributed by atoms with van der Waals surface area (Å²) in [6.45, 7) is 6.91. The zero-order chi connectivity index (χ0) is 26.7. The fourth-order valence-electron chi connectivity index (χ4n) is 7.05. The SMILES string of the molecule is Cc1ccc(F)c(-c2ccc(COc3ccc4c(c3)[C@]3(CC4)CC[C@@H]3C(=O)O)cc2C2=CCCC2(C)C)c1. The molecular formula is C34H35FO3. The van der Waals surface area contributed by atoms with E-state index in [4.69, 9.17) is 4.74 Å². The molecule has 0 unspecified atom stereocenters. The summed E-state index contributed by atoms with van der Waals surface area (Å²) in [6, 6.07) is 17.7. The van der Waals surface area contributed by atoms with E-state index in [1.807, 2.05) is 37.3 Å². The van der Waals surface area contributed by atoms with Crippen LogP contribution in [0.5, 0.6) is 5.75 Å². The van der Waals surface area contributed by atoms with Gasteiger partial charge in [0, 0.05) is 11.0 Å². The number of fused-ring (bicyclic) bond motifs is 2. The number of carboxylic acid groups (broad SMARTS) is 1. The quantitative estimate of drug-likeness (QED) is 0.363. The van der Waals surface area contributed by atoms with Gasteiger partial charge < -0.3 is 9.84 Å². The molecule has 1 spiro atoms. The predicted octanol–water partition coefficient (Wildman–Crippen LogP) is 8.26. The minimum Gasteiger partial charge on any atom is -0.489 e. The van der Waals surface area contributed by atoms with Gasteiger partial charge in [-0.15, -0.1) is 0 Å². The summed E-state index contributed by atoms with van der Waals surface area (Å²) in [5.74, 6) is -0.409. The number of carbonyl (C=O) groups is 1. The predicted molar refractivity (Wildman–Crippen MR) is 149 cm³/mol. The Morgan fingerprint density at radius 1 is 1.00 bits per heavy atom. The van der Waals surface area contributed by atoms with Crippen LogP contribution < -0.4 is 4.74 Å². The summed E-state index contributed by atoms with van der Waals surface area (Å²) in [7, 11) is 0. The Hall–Kier alpha value is -3.40. The Morgan fingerprint density at radius 2 is 1.84 bits per heavy atom. The summed E-state index contributed by atoms with van der Waals surface area (Å²) in [5.41, 5.74) is 8.16. The molecule has 3 aliphatic rings. The molecule has 0 bridgehead atoms. The van der Waals surface area contributed by atoms with Crippen LogP contribution in [0.1, 0.15) is 73.8 Å². The highest BCUT2D eigenvalue weighted by atomic mass is 19.1. The van der Waals surface area contributed by atoms with E-state index in [1.54, 1.807) is 6.07 Å². The number of rotatable bonds is 6. The van der Waals surface area contributed by atoms with Crippen molar-refractivity contribution < 1.29 is 19.0 Å². The highest BCUT2D eigenvalue weighted by Crippen LogP contribution is 2.57. The molecule has 3 aromatic carbocycles. The van der Waals surface area contributed by atoms with Gasteiger partial charge in [0.15, 0.2) is 0 Å². The van der Waals surface area contributed by atoms with Crippen molar-refractivity contribution in [2.75, 3.05) is 0 Å². The van der Waals surface area contributed by atoms with Gasteiger partial charge in [-0.05, 0) is 115 Å². The van der Waals surface area contributed by atoms with Crippen LogP contribution in [0.25, 0.3) is 16.7 Å². The van der Waals surface area contributed by atoms with Gasteiger partial charge in [0.1, 0.15) is 18.2 Å². The van der Waals surface area contributed by atoms with Gasteiger partial charge in [0.2, 0.25) is 0 Å². The van der Waals surface area contributed by atoms with Gasteiger partial charge in [0.05, 0.1) is 5.92 Å². The van der Waals surface area contributed by atoms with Crippen LogP contribution in [0, 0.1) is 24.1 Å². The molecule has 3 nitrogen and oxygen atoms in total. The smallest absolute Gasteiger partial charge is 0.307 e. The van der Waals surface area contributed by atoms with Gasteiger partial charge >= 0.3 is 5.97 Å². The summed E-state index contributed by atoms with van der Waals surface area (Å²) >= 11 is 0. The Bertz CT molecular complexity index is 1470. The Morgan fingerprint density at radius 3 is 2.55 bits per heavy atom. The second-order valence-corrected chi connectivity index (χ2v) is 12.1. The fraction of sp³-hybridized carbons (Fsp3) is 0.382. The zero-order valence-corrected chi connectivity index (χ0v) is 22.4. The van der Waals surface area contributed by atoms with Gasteiger partial charge in [0.25, 0.3) is 0 Å². The molecule has 3 aliphatic carbocycles. The van der Waals surface area contributed by atoms with E-state index in [0.29, 0.717) is 12.2 Å². The summed E-state index contributed by atoms with van der Waals surface area (Å²) in [5, 5.41) is 9.74. The zero-order valence-electron chi connectivity index (χ0n) is 22.4. The Labute approximate surface area is 224 Å². The van der Waals surface area contributed by atoms with Crippen LogP contribution >= 0.6 is 0 Å². The maximum absolute atomic E-state index is 15.0. The minimum absolute atomic E-state index is 0.0201. The first kappa shape index (κ1) is 24.9. The molecule has 0 radical (unpaired) electrons. The number of aliphatic carboxylic acids is 1. The number of aryl methyl sites for hydroxylation is 2. The number of ether oxygens (including phenoxy) is 1. The number of hydrogen-bond donors (Lipinski definition) is 1. The first-order chi connectivity index (χ1) is 18.2. The third kappa shape index (κ3) is 4.05. The molecule has 0 saturated heterocycles. The third-order valence-corrected chi connectivity index (χ3v) is 9.34. The average Bonchev–Trinajstić information content (AvgIpc) is 3.43. The van der Waals surface area contributed by atoms with Crippen LogP contribution in [-0.2, 0) is 23.2 Å². The molecule has 0 amide bonds. The molecule has 0 aromatic heterocycles. The van der Waals surface area contributed by atoms with Crippen molar-refractivity contribution >= 4 is 11.5 Å². The van der Waals surface area contributed by atoms with Crippen molar-refractivity contribution in [2.24, 2.45) is 11.3 Å². The molecule has 196 valence electrons. The summed E-state index contributed by atoms with van der Waals surface area (Å²) < 4.78 is 21.3. The second kappa shape index (κ2) is 9.11. The number of allylic oxidation sites excluding steroid dienone is 2. The van der Waals surface area contributed by atoms with Gasteiger partial charge in [-0.1, -0.05) is 49.8 Å². The molecular weight excluding hydrogens is 475 g/mol. The first-order valence-electron chi connectivity index (χ1n) is 13.8. The van der Waals surface area contributed by atoms with E-state index < -0.39 is 5.97 Å². The number of benzene rings is 3. The highest BCUT2D eigenvalue weighted by molar-refractivity contribution is 5.85. The Kier molecular flexibility index (Phi) is 5.97. The van der Waals surface area contributed by atoms with Crippen molar-refractivity contribution in [1.82, 2.24) is 0 Å².